The quantitative estimate of drug-likeness (QED) is 0.560. The van der Waals surface area contributed by atoms with E-state index >= 15 is 0 Å². The first-order valence-corrected chi connectivity index (χ1v) is 10.2. The number of hydrogen-bond donors (Lipinski definition) is 0. The first-order chi connectivity index (χ1) is 12.2. The van der Waals surface area contributed by atoms with Crippen LogP contribution in [-0.2, 0) is 19.2 Å². The van der Waals surface area contributed by atoms with Gasteiger partial charge in [0, 0.05) is 11.1 Å². The number of hydrogen-bond acceptors (Lipinski definition) is 5. The van der Waals surface area contributed by atoms with Gasteiger partial charge in [0.05, 0.1) is 0 Å². The van der Waals surface area contributed by atoms with E-state index in [0.717, 1.165) is 5.56 Å². The monoisotopic (exact) mass is 389 g/mol. The average Bonchev–Trinajstić information content (AvgIpc) is 2.52. The Kier molecular flexibility index (Phi) is 5.53. The van der Waals surface area contributed by atoms with Crippen LogP contribution in [-0.4, -0.2) is 19.9 Å². The maximum atomic E-state index is 12.9. The highest BCUT2D eigenvalue weighted by atomic mass is 32.2. The van der Waals surface area contributed by atoms with E-state index < -0.39 is 20.9 Å². The predicted molar refractivity (Wildman–Crippen MR) is 107 cm³/mol. The molecule has 0 aromatic heterocycles. The van der Waals surface area contributed by atoms with Gasteiger partial charge in [0.15, 0.2) is 5.78 Å². The van der Waals surface area contributed by atoms with Gasteiger partial charge in [-0.25, -0.2) is 0 Å². The maximum absolute atomic E-state index is 12.9. The summed E-state index contributed by atoms with van der Waals surface area (Å²) in [6.07, 6.45) is 3.20. The minimum atomic E-state index is -4.03. The van der Waals surface area contributed by atoms with Crippen molar-refractivity contribution >= 4 is 21.6 Å². The molecule has 0 fully saturated rings. The molecular formula is C21H27NO4S. The van der Waals surface area contributed by atoms with E-state index in [1.54, 1.807) is 24.3 Å². The number of carbonyl (C=O) groups is 1. The smallest absolute Gasteiger partial charge is 0.289 e. The van der Waals surface area contributed by atoms with Crippen LogP contribution in [0.5, 0.6) is 0 Å². The predicted octanol–water partition coefficient (Wildman–Crippen LogP) is 4.58. The first kappa shape index (κ1) is 21.1. The van der Waals surface area contributed by atoms with Crippen molar-refractivity contribution in [2.45, 2.75) is 53.4 Å². The number of ketones is 1. The Labute approximate surface area is 161 Å². The second-order valence-corrected chi connectivity index (χ2v) is 10.3. The van der Waals surface area contributed by atoms with Crippen molar-refractivity contribution in [3.05, 3.63) is 53.1 Å². The van der Waals surface area contributed by atoms with E-state index in [1.165, 1.54) is 12.1 Å². The van der Waals surface area contributed by atoms with Crippen molar-refractivity contribution in [2.75, 3.05) is 0 Å². The topological polar surface area (TPSA) is 72.8 Å². The fourth-order valence-corrected chi connectivity index (χ4v) is 3.36. The Balaban J connectivity index is 2.45. The zero-order valence-electron chi connectivity index (χ0n) is 17.0. The maximum Gasteiger partial charge on any atom is 0.358 e. The van der Waals surface area contributed by atoms with Gasteiger partial charge in [-0.15, -0.1) is 0 Å². The summed E-state index contributed by atoms with van der Waals surface area (Å²) in [6, 6.07) is 6.33. The molecule has 0 bridgehead atoms. The normalized spacial score (nSPS) is 16.0. The third-order valence-corrected chi connectivity index (χ3v) is 5.36. The minimum absolute atomic E-state index is 0.0318. The molecule has 0 unspecified atom stereocenters. The summed E-state index contributed by atoms with van der Waals surface area (Å²) in [5, 5.41) is 3.84. The molecule has 0 atom stereocenters. The number of oxime groups is 1. The standard InChI is InChI=1S/C21H27NO4S/c1-14-8-10-16(11-9-14)27(24,25)26-22-15-12-17(20(2,3)4)19(23)18(13-15)21(5,6)7/h8-13H,1-7H3. The third-order valence-electron chi connectivity index (χ3n) is 4.24. The fraction of sp³-hybridized carbons (Fsp3) is 0.429. The van der Waals surface area contributed by atoms with E-state index in [1.807, 2.05) is 48.5 Å². The molecule has 0 spiro atoms. The zero-order valence-corrected chi connectivity index (χ0v) is 17.8. The van der Waals surface area contributed by atoms with Gasteiger partial charge in [0.1, 0.15) is 10.6 Å². The SMILES string of the molecule is Cc1ccc(S(=O)(=O)ON=C2C=C(C(C)(C)C)C(=O)C(C(C)(C)C)=C2)cc1. The van der Waals surface area contributed by atoms with Gasteiger partial charge >= 0.3 is 10.1 Å². The first-order valence-electron chi connectivity index (χ1n) is 8.79. The van der Waals surface area contributed by atoms with Crippen LogP contribution in [0, 0.1) is 17.8 Å². The van der Waals surface area contributed by atoms with Gasteiger partial charge in [0.2, 0.25) is 0 Å². The second-order valence-electron chi connectivity index (χ2n) is 8.80. The highest BCUT2D eigenvalue weighted by molar-refractivity contribution is 7.86. The van der Waals surface area contributed by atoms with E-state index in [9.17, 15) is 13.2 Å². The van der Waals surface area contributed by atoms with Crippen LogP contribution in [0.25, 0.3) is 0 Å². The highest BCUT2D eigenvalue weighted by Crippen LogP contribution is 2.37. The van der Waals surface area contributed by atoms with Crippen molar-refractivity contribution in [1.29, 1.82) is 0 Å². The van der Waals surface area contributed by atoms with E-state index in [2.05, 4.69) is 5.16 Å². The molecule has 1 aromatic carbocycles. The van der Waals surface area contributed by atoms with Crippen LogP contribution in [0.2, 0.25) is 0 Å². The molecule has 0 aliphatic heterocycles. The third kappa shape index (κ3) is 4.95. The highest BCUT2D eigenvalue weighted by Gasteiger charge is 2.34. The van der Waals surface area contributed by atoms with Gasteiger partial charge in [0.25, 0.3) is 0 Å². The number of nitrogens with zero attached hydrogens (tertiary/aromatic N) is 1. The van der Waals surface area contributed by atoms with Crippen molar-refractivity contribution < 1.29 is 17.5 Å². The molecule has 6 heteroatoms. The summed E-state index contributed by atoms with van der Waals surface area (Å²) in [5.41, 5.74) is 1.59. The molecule has 1 aromatic rings. The summed E-state index contributed by atoms with van der Waals surface area (Å²) in [4.78, 5) is 12.9. The van der Waals surface area contributed by atoms with E-state index in [4.69, 9.17) is 4.28 Å². The Hall–Kier alpha value is -2.21. The van der Waals surface area contributed by atoms with Crippen LogP contribution in [0.1, 0.15) is 47.1 Å². The molecule has 0 saturated carbocycles. The molecule has 0 heterocycles. The second kappa shape index (κ2) is 7.08. The van der Waals surface area contributed by atoms with Crippen molar-refractivity contribution in [3.8, 4) is 0 Å². The van der Waals surface area contributed by atoms with Crippen LogP contribution in [0.15, 0.2) is 57.6 Å². The lowest BCUT2D eigenvalue weighted by molar-refractivity contribution is -0.114. The fourth-order valence-electron chi connectivity index (χ4n) is 2.62. The van der Waals surface area contributed by atoms with Crippen molar-refractivity contribution in [2.24, 2.45) is 16.0 Å². The van der Waals surface area contributed by atoms with E-state index in [0.29, 0.717) is 16.9 Å². The molecule has 0 radical (unpaired) electrons. The number of Topliss-reactive ketones (excluding diaryl/α,β-unsaturated/α-hetero) is 1. The van der Waals surface area contributed by atoms with Crippen molar-refractivity contribution in [3.63, 3.8) is 0 Å². The number of benzene rings is 1. The largest absolute Gasteiger partial charge is 0.358 e. The zero-order chi connectivity index (χ0) is 20.6. The number of allylic oxidation sites excluding steroid dienone is 4. The molecule has 1 aliphatic carbocycles. The molecule has 146 valence electrons. The van der Waals surface area contributed by atoms with Gasteiger partial charge in [-0.2, -0.15) is 8.42 Å². The van der Waals surface area contributed by atoms with Gasteiger partial charge in [-0.3, -0.25) is 9.08 Å². The van der Waals surface area contributed by atoms with Crippen LogP contribution in [0.4, 0.5) is 0 Å². The molecular weight excluding hydrogens is 362 g/mol. The molecule has 1 aliphatic rings. The Bertz CT molecular complexity index is 899. The summed E-state index contributed by atoms with van der Waals surface area (Å²) in [6.45, 7) is 13.5. The summed E-state index contributed by atoms with van der Waals surface area (Å²) in [5.74, 6) is -0.0460. The lowest BCUT2D eigenvalue weighted by atomic mass is 9.72. The Morgan fingerprint density at radius 2 is 1.30 bits per heavy atom. The van der Waals surface area contributed by atoms with Crippen LogP contribution in [0.3, 0.4) is 0 Å². The lowest BCUT2D eigenvalue weighted by Gasteiger charge is -2.30. The Morgan fingerprint density at radius 1 is 0.852 bits per heavy atom. The molecule has 0 amide bonds. The molecule has 27 heavy (non-hydrogen) atoms. The van der Waals surface area contributed by atoms with E-state index in [-0.39, 0.29) is 10.7 Å². The lowest BCUT2D eigenvalue weighted by Crippen LogP contribution is -2.29. The average molecular weight is 390 g/mol. The molecule has 0 N–H and O–H groups in total. The van der Waals surface area contributed by atoms with Crippen molar-refractivity contribution in [1.82, 2.24) is 0 Å². The van der Waals surface area contributed by atoms with Crippen LogP contribution < -0.4 is 0 Å². The van der Waals surface area contributed by atoms with Gasteiger partial charge in [-0.05, 0) is 42.0 Å². The number of carbonyl (C=O) groups excluding carboxylic acids is 1. The van der Waals surface area contributed by atoms with Crippen LogP contribution >= 0.6 is 0 Å². The summed E-state index contributed by atoms with van der Waals surface area (Å²) < 4.78 is 29.7. The summed E-state index contributed by atoms with van der Waals surface area (Å²) >= 11 is 0. The molecule has 0 saturated heterocycles. The Morgan fingerprint density at radius 3 is 1.70 bits per heavy atom. The summed E-state index contributed by atoms with van der Waals surface area (Å²) in [7, 11) is -4.03. The minimum Gasteiger partial charge on any atom is -0.289 e. The number of aryl methyl sites for hydroxylation is 1. The molecule has 2 rings (SSSR count). The van der Waals surface area contributed by atoms with Gasteiger partial charge < -0.3 is 0 Å². The number of rotatable bonds is 3. The van der Waals surface area contributed by atoms with Gasteiger partial charge in [-0.1, -0.05) is 64.4 Å². The molecule has 5 nitrogen and oxygen atoms in total.